The molecule has 1 aliphatic heterocycles. The standard InChI is InChI=1S/C21H18N4O5/c26-18-12-6-1-3-8-14(12)24-17(18)16-13-7-2-4-9-15(13)25(19(16)27)20(28)22-10-5-11-23-21(29)30/h1-4,6-9,23,27H,5,10-11H2,(H,22,28)(H,29,30). The lowest BCUT2D eigenvalue weighted by Crippen LogP contribution is -2.31. The maximum atomic E-state index is 12.9. The summed E-state index contributed by atoms with van der Waals surface area (Å²) in [5.41, 5.74) is 1.68. The van der Waals surface area contributed by atoms with Crippen LogP contribution in [0.4, 0.5) is 15.3 Å². The number of fused-ring (bicyclic) bond motifs is 2. The Hall–Kier alpha value is -4.14. The van der Waals surface area contributed by atoms with Gasteiger partial charge < -0.3 is 20.8 Å². The van der Waals surface area contributed by atoms with E-state index in [0.717, 1.165) is 4.57 Å². The van der Waals surface area contributed by atoms with E-state index in [2.05, 4.69) is 15.6 Å². The van der Waals surface area contributed by atoms with Gasteiger partial charge >= 0.3 is 12.1 Å². The quantitative estimate of drug-likeness (QED) is 0.484. The molecule has 1 aromatic heterocycles. The van der Waals surface area contributed by atoms with Gasteiger partial charge in [-0.15, -0.1) is 0 Å². The molecule has 0 radical (unpaired) electrons. The summed E-state index contributed by atoms with van der Waals surface area (Å²) in [6.45, 7) is 0.383. The van der Waals surface area contributed by atoms with Gasteiger partial charge in [0, 0.05) is 24.0 Å². The van der Waals surface area contributed by atoms with Crippen LogP contribution in [0.15, 0.2) is 53.5 Å². The van der Waals surface area contributed by atoms with Crippen LogP contribution in [0, 0.1) is 0 Å². The Morgan fingerprint density at radius 2 is 1.70 bits per heavy atom. The molecule has 2 heterocycles. The largest absolute Gasteiger partial charge is 0.494 e. The maximum absolute atomic E-state index is 12.9. The number of rotatable bonds is 5. The molecule has 0 spiro atoms. The Labute approximate surface area is 170 Å². The molecule has 0 saturated carbocycles. The predicted molar refractivity (Wildman–Crippen MR) is 110 cm³/mol. The smallest absolute Gasteiger partial charge is 0.404 e. The van der Waals surface area contributed by atoms with E-state index in [4.69, 9.17) is 5.11 Å². The van der Waals surface area contributed by atoms with Crippen LogP contribution in [0.3, 0.4) is 0 Å². The minimum atomic E-state index is -1.14. The van der Waals surface area contributed by atoms with Gasteiger partial charge in [-0.25, -0.2) is 19.1 Å². The van der Waals surface area contributed by atoms with Crippen LogP contribution in [-0.2, 0) is 0 Å². The SMILES string of the molecule is O=C(O)NCCCNC(=O)n1c(O)c(C2=Nc3ccccc3C2=O)c2ccccc21. The lowest BCUT2D eigenvalue weighted by atomic mass is 10.0. The number of amides is 2. The van der Waals surface area contributed by atoms with Gasteiger partial charge in [0.25, 0.3) is 0 Å². The third-order valence-electron chi connectivity index (χ3n) is 4.79. The monoisotopic (exact) mass is 406 g/mol. The summed E-state index contributed by atoms with van der Waals surface area (Å²) >= 11 is 0. The van der Waals surface area contributed by atoms with E-state index >= 15 is 0 Å². The molecule has 1 aliphatic rings. The van der Waals surface area contributed by atoms with Crippen LogP contribution in [0.2, 0.25) is 0 Å². The number of Topliss-reactive ketones (excluding diaryl/α,β-unsaturated/α-hetero) is 1. The number of carboxylic acid groups (broad SMARTS) is 1. The summed E-state index contributed by atoms with van der Waals surface area (Å²) in [6, 6.07) is 13.2. The number of hydrogen-bond donors (Lipinski definition) is 4. The molecule has 4 rings (SSSR count). The molecule has 152 valence electrons. The van der Waals surface area contributed by atoms with E-state index in [-0.39, 0.29) is 36.0 Å². The van der Waals surface area contributed by atoms with Crippen LogP contribution >= 0.6 is 0 Å². The number of carbonyl (C=O) groups is 3. The third-order valence-corrected chi connectivity index (χ3v) is 4.79. The van der Waals surface area contributed by atoms with Crippen molar-refractivity contribution in [1.82, 2.24) is 15.2 Å². The summed E-state index contributed by atoms with van der Waals surface area (Å²) in [6.07, 6.45) is -0.756. The number of ketones is 1. The first-order chi connectivity index (χ1) is 14.5. The van der Waals surface area contributed by atoms with Crippen LogP contribution in [0.25, 0.3) is 10.9 Å². The highest BCUT2D eigenvalue weighted by Crippen LogP contribution is 2.37. The Morgan fingerprint density at radius 1 is 1.00 bits per heavy atom. The number of aliphatic imine (C=N–C) groups is 1. The van der Waals surface area contributed by atoms with E-state index in [1.54, 1.807) is 48.5 Å². The van der Waals surface area contributed by atoms with Gasteiger partial charge in [0.1, 0.15) is 5.71 Å². The number of para-hydroxylation sites is 2. The zero-order valence-corrected chi connectivity index (χ0v) is 15.8. The maximum Gasteiger partial charge on any atom is 0.404 e. The predicted octanol–water partition coefficient (Wildman–Crippen LogP) is 2.88. The Balaban J connectivity index is 1.67. The van der Waals surface area contributed by atoms with E-state index in [0.29, 0.717) is 28.6 Å². The van der Waals surface area contributed by atoms with Crippen LogP contribution in [0.1, 0.15) is 22.3 Å². The summed E-state index contributed by atoms with van der Waals surface area (Å²) in [7, 11) is 0. The van der Waals surface area contributed by atoms with Crippen molar-refractivity contribution in [2.45, 2.75) is 6.42 Å². The van der Waals surface area contributed by atoms with Crippen molar-refractivity contribution in [1.29, 1.82) is 0 Å². The Bertz CT molecular complexity index is 1210. The highest BCUT2D eigenvalue weighted by molar-refractivity contribution is 6.56. The minimum Gasteiger partial charge on any atom is -0.494 e. The molecule has 0 atom stereocenters. The molecule has 0 bridgehead atoms. The Kier molecular flexibility index (Phi) is 4.93. The summed E-state index contributed by atoms with van der Waals surface area (Å²) in [5, 5.41) is 24.8. The zero-order chi connectivity index (χ0) is 21.3. The van der Waals surface area contributed by atoms with Gasteiger partial charge in [-0.05, 0) is 24.6 Å². The van der Waals surface area contributed by atoms with E-state index in [9.17, 15) is 19.5 Å². The van der Waals surface area contributed by atoms with Gasteiger partial charge in [-0.1, -0.05) is 30.3 Å². The lowest BCUT2D eigenvalue weighted by Gasteiger charge is -2.08. The van der Waals surface area contributed by atoms with Gasteiger partial charge in [-0.2, -0.15) is 0 Å². The van der Waals surface area contributed by atoms with E-state index in [1.807, 2.05) is 0 Å². The number of aromatic hydroxyl groups is 1. The fourth-order valence-electron chi connectivity index (χ4n) is 3.45. The van der Waals surface area contributed by atoms with Gasteiger partial charge in [0.05, 0.1) is 16.8 Å². The van der Waals surface area contributed by atoms with E-state index in [1.165, 1.54) is 0 Å². The highest BCUT2D eigenvalue weighted by atomic mass is 16.4. The number of nitrogens with one attached hydrogen (secondary N) is 2. The van der Waals surface area contributed by atoms with Gasteiger partial charge in [0.2, 0.25) is 11.7 Å². The summed E-state index contributed by atoms with van der Waals surface area (Å²) < 4.78 is 1.09. The molecule has 0 fully saturated rings. The molecule has 2 aromatic carbocycles. The number of aromatic nitrogens is 1. The molecule has 2 amide bonds. The molecular weight excluding hydrogens is 388 g/mol. The van der Waals surface area contributed by atoms with Gasteiger partial charge in [-0.3, -0.25) is 4.79 Å². The second-order valence-electron chi connectivity index (χ2n) is 6.68. The van der Waals surface area contributed by atoms with Crippen molar-refractivity contribution in [3.8, 4) is 5.88 Å². The first-order valence-corrected chi connectivity index (χ1v) is 9.29. The minimum absolute atomic E-state index is 0.0853. The number of nitrogens with zero attached hydrogens (tertiary/aromatic N) is 2. The van der Waals surface area contributed by atoms with Crippen molar-refractivity contribution in [2.24, 2.45) is 4.99 Å². The summed E-state index contributed by atoms with van der Waals surface area (Å²) in [4.78, 5) is 40.5. The zero-order valence-electron chi connectivity index (χ0n) is 15.8. The first kappa shape index (κ1) is 19.2. The molecule has 9 heteroatoms. The average molecular weight is 406 g/mol. The number of benzene rings is 2. The highest BCUT2D eigenvalue weighted by Gasteiger charge is 2.32. The second-order valence-corrected chi connectivity index (χ2v) is 6.68. The second kappa shape index (κ2) is 7.70. The fraction of sp³-hybridized carbons (Fsp3) is 0.143. The van der Waals surface area contributed by atoms with Gasteiger partial charge in [0.15, 0.2) is 0 Å². The van der Waals surface area contributed by atoms with Crippen molar-refractivity contribution in [3.05, 3.63) is 59.7 Å². The van der Waals surface area contributed by atoms with Crippen molar-refractivity contribution >= 4 is 40.2 Å². The summed E-state index contributed by atoms with van der Waals surface area (Å²) in [5.74, 6) is -0.693. The topological polar surface area (TPSA) is 133 Å². The normalized spacial score (nSPS) is 12.5. The van der Waals surface area contributed by atoms with Crippen LogP contribution < -0.4 is 10.6 Å². The molecule has 0 unspecified atom stereocenters. The average Bonchev–Trinajstić information content (AvgIpc) is 3.21. The van der Waals surface area contributed by atoms with Crippen LogP contribution in [0.5, 0.6) is 5.88 Å². The molecule has 9 nitrogen and oxygen atoms in total. The first-order valence-electron chi connectivity index (χ1n) is 9.29. The van der Waals surface area contributed by atoms with Crippen LogP contribution in [-0.4, -0.2) is 51.5 Å². The molecule has 4 N–H and O–H groups in total. The fourth-order valence-corrected chi connectivity index (χ4v) is 3.45. The van der Waals surface area contributed by atoms with Crippen molar-refractivity contribution < 1.29 is 24.6 Å². The molecule has 30 heavy (non-hydrogen) atoms. The molecule has 3 aromatic rings. The van der Waals surface area contributed by atoms with Crippen molar-refractivity contribution in [2.75, 3.05) is 13.1 Å². The van der Waals surface area contributed by atoms with Crippen molar-refractivity contribution in [3.63, 3.8) is 0 Å². The van der Waals surface area contributed by atoms with E-state index < -0.39 is 12.1 Å². The molecule has 0 saturated heterocycles. The number of hydrogen-bond acceptors (Lipinski definition) is 5. The molecular formula is C21H18N4O5. The number of carbonyl (C=O) groups excluding carboxylic acids is 2. The third kappa shape index (κ3) is 3.26. The molecule has 0 aliphatic carbocycles. The lowest BCUT2D eigenvalue weighted by molar-refractivity contribution is 0.106. The Morgan fingerprint density at radius 3 is 2.47 bits per heavy atom.